The predicted molar refractivity (Wildman–Crippen MR) is 177 cm³/mol. The highest BCUT2D eigenvalue weighted by molar-refractivity contribution is 5.95. The van der Waals surface area contributed by atoms with Gasteiger partial charge in [-0.1, -0.05) is 153 Å². The normalized spacial score (nSPS) is 16.6. The van der Waals surface area contributed by atoms with Crippen LogP contribution in [0.1, 0.15) is 101 Å². The van der Waals surface area contributed by atoms with Crippen molar-refractivity contribution in [3.8, 4) is 0 Å². The van der Waals surface area contributed by atoms with Gasteiger partial charge >= 0.3 is 0 Å². The van der Waals surface area contributed by atoms with Gasteiger partial charge < -0.3 is 0 Å². The van der Waals surface area contributed by atoms with Crippen LogP contribution in [0.15, 0.2) is 125 Å². The Labute approximate surface area is 236 Å². The first-order valence-corrected chi connectivity index (χ1v) is 14.9. The van der Waals surface area contributed by atoms with Crippen LogP contribution in [0, 0.1) is 0 Å². The molecule has 0 saturated heterocycles. The Kier molecular flexibility index (Phi) is 17.5. The van der Waals surface area contributed by atoms with Gasteiger partial charge in [-0.15, -0.1) is 0 Å². The van der Waals surface area contributed by atoms with Crippen LogP contribution in [0.25, 0.3) is 5.57 Å². The number of benzene rings is 1. The maximum Gasteiger partial charge on any atom is 0.0725 e. The van der Waals surface area contributed by atoms with E-state index in [4.69, 9.17) is 0 Å². The molecule has 1 aromatic carbocycles. The topological polar surface area (TPSA) is 0 Å². The van der Waals surface area contributed by atoms with Crippen molar-refractivity contribution in [2.45, 2.75) is 94.9 Å². The molecule has 0 heterocycles. The molecular weight excluding hydrogens is 456 g/mol. The second-order valence-corrected chi connectivity index (χ2v) is 7.82. The minimum absolute atomic E-state index is 0.292. The van der Waals surface area contributed by atoms with Crippen LogP contribution >= 0.6 is 0 Å². The van der Waals surface area contributed by atoms with Gasteiger partial charge in [0, 0.05) is 0 Å². The molecule has 38 heavy (non-hydrogen) atoms. The van der Waals surface area contributed by atoms with Crippen LogP contribution in [0.2, 0.25) is 0 Å². The van der Waals surface area contributed by atoms with Gasteiger partial charge in [-0.25, -0.2) is 0 Å². The van der Waals surface area contributed by atoms with Crippen LogP contribution in [0.3, 0.4) is 0 Å². The van der Waals surface area contributed by atoms with E-state index in [-0.39, 0.29) is 5.41 Å². The summed E-state index contributed by atoms with van der Waals surface area (Å²) in [5.74, 6) is 0. The van der Waals surface area contributed by atoms with Gasteiger partial charge in [-0.05, 0) is 78.7 Å². The minimum atomic E-state index is -0.292. The fourth-order valence-electron chi connectivity index (χ4n) is 5.26. The molecule has 0 unspecified atom stereocenters. The summed E-state index contributed by atoms with van der Waals surface area (Å²) in [5.41, 5.74) is 10.5. The fourth-order valence-corrected chi connectivity index (χ4v) is 5.26. The van der Waals surface area contributed by atoms with E-state index >= 15 is 0 Å². The lowest BCUT2D eigenvalue weighted by molar-refractivity contribution is 0.771. The molecule has 0 saturated carbocycles. The van der Waals surface area contributed by atoms with Crippen molar-refractivity contribution in [3.05, 3.63) is 136 Å². The molecule has 0 N–H and O–H groups in total. The highest BCUT2D eigenvalue weighted by Crippen LogP contribution is 2.62. The van der Waals surface area contributed by atoms with E-state index in [0.717, 1.165) is 6.42 Å². The van der Waals surface area contributed by atoms with Crippen LogP contribution < -0.4 is 0 Å². The molecule has 0 atom stereocenters. The van der Waals surface area contributed by atoms with E-state index in [1.807, 2.05) is 55.4 Å². The maximum atomic E-state index is 2.37. The summed E-state index contributed by atoms with van der Waals surface area (Å²) in [6, 6.07) is 8.96. The Bertz CT molecular complexity index is 1090. The first-order chi connectivity index (χ1) is 18.7. The molecule has 0 nitrogen and oxygen atoms in total. The van der Waals surface area contributed by atoms with Crippen molar-refractivity contribution >= 4 is 5.57 Å². The van der Waals surface area contributed by atoms with Gasteiger partial charge in [0.15, 0.2) is 0 Å². The molecule has 0 radical (unpaired) electrons. The van der Waals surface area contributed by atoms with Crippen molar-refractivity contribution in [1.82, 2.24) is 0 Å². The minimum Gasteiger partial charge on any atom is -0.0873 e. The fraction of sp³-hybridized carbons (Fsp3) is 0.368. The summed E-state index contributed by atoms with van der Waals surface area (Å²) in [4.78, 5) is 0. The average molecular weight is 511 g/mol. The number of allylic oxidation sites excluding steroid dienone is 18. The lowest BCUT2D eigenvalue weighted by Gasteiger charge is -2.33. The van der Waals surface area contributed by atoms with Gasteiger partial charge in [-0.3, -0.25) is 0 Å². The van der Waals surface area contributed by atoms with Crippen molar-refractivity contribution in [1.29, 1.82) is 0 Å². The Balaban J connectivity index is 0.00000157. The lowest BCUT2D eigenvalue weighted by Crippen LogP contribution is -2.28. The van der Waals surface area contributed by atoms with Gasteiger partial charge in [0.25, 0.3) is 0 Å². The van der Waals surface area contributed by atoms with Crippen molar-refractivity contribution < 1.29 is 0 Å². The summed E-state index contributed by atoms with van der Waals surface area (Å²) in [6.07, 6.45) is 28.1. The van der Waals surface area contributed by atoms with E-state index in [0.29, 0.717) is 0 Å². The Morgan fingerprint density at radius 2 is 1.03 bits per heavy atom. The summed E-state index contributed by atoms with van der Waals surface area (Å²) >= 11 is 0. The van der Waals surface area contributed by atoms with Crippen LogP contribution in [-0.4, -0.2) is 0 Å². The van der Waals surface area contributed by atoms with Gasteiger partial charge in [0.05, 0.1) is 5.41 Å². The number of hydrogen-bond acceptors (Lipinski definition) is 0. The monoisotopic (exact) mass is 510 g/mol. The zero-order valence-corrected chi connectivity index (χ0v) is 26.4. The predicted octanol–water partition coefficient (Wildman–Crippen LogP) is 12.2. The highest BCUT2D eigenvalue weighted by atomic mass is 14.5. The third-order valence-corrected chi connectivity index (χ3v) is 6.17. The van der Waals surface area contributed by atoms with Gasteiger partial charge in [-0.2, -0.15) is 0 Å². The number of fused-ring (bicyclic) bond motifs is 4. The molecule has 0 aromatic heterocycles. The maximum absolute atomic E-state index is 2.37. The third-order valence-electron chi connectivity index (χ3n) is 6.17. The van der Waals surface area contributed by atoms with E-state index in [9.17, 15) is 0 Å². The molecule has 3 aliphatic carbocycles. The standard InChI is InChI=1S/C30H30.4C2H6/c1-5-14-22-23(15-6-2)27(17-8-4)30(26(22)16-7-3)28-20-11-9-10-18-24(28)25-19-12-13-21-29(25)30;4*1-2/h5-8,10-21H,9H2,1-4H3;4*1-2H3/b14-5-,15-6-,16-7-,17-8-;;;;. The lowest BCUT2D eigenvalue weighted by atomic mass is 9.67. The van der Waals surface area contributed by atoms with Crippen LogP contribution in [0.4, 0.5) is 0 Å². The summed E-state index contributed by atoms with van der Waals surface area (Å²) in [7, 11) is 0. The highest BCUT2D eigenvalue weighted by Gasteiger charge is 2.52. The molecule has 0 heteroatoms. The summed E-state index contributed by atoms with van der Waals surface area (Å²) in [6.45, 7) is 24.5. The van der Waals surface area contributed by atoms with Crippen molar-refractivity contribution in [2.75, 3.05) is 0 Å². The van der Waals surface area contributed by atoms with Crippen LogP contribution in [-0.2, 0) is 5.41 Å². The average Bonchev–Trinajstić information content (AvgIpc) is 3.23. The quantitative estimate of drug-likeness (QED) is 0.378. The molecule has 4 rings (SSSR count). The third kappa shape index (κ3) is 6.47. The first kappa shape index (κ1) is 34.9. The zero-order valence-electron chi connectivity index (χ0n) is 26.4. The van der Waals surface area contributed by atoms with E-state index in [1.54, 1.807) is 0 Å². The smallest absolute Gasteiger partial charge is 0.0725 e. The first-order valence-electron chi connectivity index (χ1n) is 14.9. The largest absolute Gasteiger partial charge is 0.0873 e. The van der Waals surface area contributed by atoms with Gasteiger partial charge in [0.2, 0.25) is 0 Å². The van der Waals surface area contributed by atoms with Crippen molar-refractivity contribution in [2.24, 2.45) is 0 Å². The molecule has 0 aliphatic heterocycles. The Morgan fingerprint density at radius 3 is 1.50 bits per heavy atom. The van der Waals surface area contributed by atoms with E-state index in [1.165, 1.54) is 44.6 Å². The number of hydrogen-bond donors (Lipinski definition) is 0. The molecule has 3 aliphatic rings. The van der Waals surface area contributed by atoms with Crippen molar-refractivity contribution in [3.63, 3.8) is 0 Å². The number of rotatable bonds is 4. The molecule has 206 valence electrons. The Hall–Kier alpha value is -3.12. The Morgan fingerprint density at radius 1 is 0.579 bits per heavy atom. The van der Waals surface area contributed by atoms with E-state index in [2.05, 4.69) is 125 Å². The molecule has 0 fully saturated rings. The van der Waals surface area contributed by atoms with E-state index < -0.39 is 0 Å². The molecule has 0 bridgehead atoms. The zero-order chi connectivity index (χ0) is 29.1. The molecule has 1 spiro atoms. The SMILES string of the molecule is C/C=C\C1=C(/C=C\C)C2(C3=C(C=CCC=C3)c3ccccc32)C(/C=C\C)=C1/C=C\C.CC.CC.CC.CC. The van der Waals surface area contributed by atoms with Gasteiger partial charge in [0.1, 0.15) is 0 Å². The summed E-state index contributed by atoms with van der Waals surface area (Å²) < 4.78 is 0. The second-order valence-electron chi connectivity index (χ2n) is 7.82. The molecular formula is C38H54. The molecule has 0 amide bonds. The van der Waals surface area contributed by atoms with Crippen LogP contribution in [0.5, 0.6) is 0 Å². The second kappa shape index (κ2) is 19.0. The summed E-state index contributed by atoms with van der Waals surface area (Å²) in [5, 5.41) is 0. The molecule has 1 aromatic rings.